The van der Waals surface area contributed by atoms with Crippen LogP contribution in [0.2, 0.25) is 98.2 Å². The second kappa shape index (κ2) is 27.2. The zero-order valence-corrected chi connectivity index (χ0v) is 45.7. The Hall–Kier alpha value is -2.59. The molecule has 0 saturated heterocycles. The molecule has 7 nitrogen and oxygen atoms in total. The highest BCUT2D eigenvalue weighted by molar-refractivity contribution is 9.11. The summed E-state index contributed by atoms with van der Waals surface area (Å²) in [7, 11) is -6.38. The fourth-order valence-electron chi connectivity index (χ4n) is 5.26. The largest absolute Gasteiger partial charge is 0.424 e. The Morgan fingerprint density at radius 2 is 0.947 bits per heavy atom. The van der Waals surface area contributed by atoms with Crippen molar-refractivity contribution in [3.63, 3.8) is 0 Å². The van der Waals surface area contributed by atoms with Gasteiger partial charge < -0.3 is 15.7 Å². The van der Waals surface area contributed by atoms with Crippen molar-refractivity contribution in [1.29, 1.82) is 5.26 Å². The molecule has 57 heavy (non-hydrogen) atoms. The van der Waals surface area contributed by atoms with Crippen LogP contribution in [0.4, 0.5) is 22.7 Å². The average Bonchev–Trinajstić information content (AvgIpc) is 3.02. The third kappa shape index (κ3) is 26.9. The molecule has 0 aromatic heterocycles. The Labute approximate surface area is 374 Å². The second-order valence-corrected chi connectivity index (χ2v) is 47.1. The molecule has 0 fully saturated rings. The van der Waals surface area contributed by atoms with Gasteiger partial charge in [-0.3, -0.25) is 0 Å². The van der Waals surface area contributed by atoms with Crippen LogP contribution in [0.5, 0.6) is 0 Å². The lowest BCUT2D eigenvalue weighted by Crippen LogP contribution is -2.59. The highest BCUT2D eigenvalue weighted by Gasteiger charge is 2.35. The lowest BCUT2D eigenvalue weighted by atomic mass is 10.3. The molecule has 0 unspecified atom stereocenters. The number of anilines is 3. The first-order chi connectivity index (χ1) is 25.4. The van der Waals surface area contributed by atoms with E-state index in [1.54, 1.807) is 6.07 Å². The van der Waals surface area contributed by atoms with Gasteiger partial charge in [-0.25, -0.2) is 0 Å². The molecular formula is C42H72Br2ClN7Si5. The van der Waals surface area contributed by atoms with Crippen LogP contribution in [0, 0.1) is 11.3 Å². The molecule has 15 heteroatoms. The molecule has 0 aliphatic heterocycles. The summed E-state index contributed by atoms with van der Waals surface area (Å²) < 4.78 is 4.91. The van der Waals surface area contributed by atoms with Crippen LogP contribution >= 0.6 is 42.9 Å². The predicted octanol–water partition coefficient (Wildman–Crippen LogP) is 15.2. The topological polar surface area (TPSA) is 128 Å². The maximum atomic E-state index is 8.38. The molecule has 0 aliphatic carbocycles. The summed E-state index contributed by atoms with van der Waals surface area (Å²) in [5, 5.41) is 13.6. The molecular weight excluding hydrogens is 938 g/mol. The van der Waals surface area contributed by atoms with Gasteiger partial charge in [0.05, 0.1) is 22.2 Å². The Morgan fingerprint density at radius 1 is 0.614 bits per heavy atom. The van der Waals surface area contributed by atoms with Gasteiger partial charge in [0.25, 0.3) is 0 Å². The number of rotatable bonds is 6. The summed E-state index contributed by atoms with van der Waals surface area (Å²) in [5.41, 5.74) is 23.6. The van der Waals surface area contributed by atoms with Gasteiger partial charge in [-0.1, -0.05) is 183 Å². The molecule has 0 bridgehead atoms. The van der Waals surface area contributed by atoms with Crippen molar-refractivity contribution in [2.75, 3.05) is 15.7 Å². The number of nitrogens with two attached hydrogens (primary N) is 2. The molecule has 4 N–H and O–H groups in total. The van der Waals surface area contributed by atoms with E-state index in [1.807, 2.05) is 54.6 Å². The minimum atomic E-state index is -1.38. The first-order valence-corrected chi connectivity index (χ1v) is 38.5. The van der Waals surface area contributed by atoms with Gasteiger partial charge in [0, 0.05) is 43.5 Å². The maximum absolute atomic E-state index is 8.38. The van der Waals surface area contributed by atoms with Crippen LogP contribution in [-0.2, 0) is 0 Å². The quantitative estimate of drug-likeness (QED) is 0.0498. The number of nitrogens with zero attached hydrogens (tertiary/aromatic N) is 5. The number of benzene rings is 4. The van der Waals surface area contributed by atoms with Crippen molar-refractivity contribution in [3.8, 4) is 6.07 Å². The van der Waals surface area contributed by atoms with Gasteiger partial charge in [0.1, 0.15) is 23.9 Å². The summed E-state index contributed by atoms with van der Waals surface area (Å²) in [4.78, 5) is 2.83. The van der Waals surface area contributed by atoms with E-state index in [0.29, 0.717) is 0 Å². The van der Waals surface area contributed by atoms with E-state index in [1.165, 1.54) is 27.5 Å². The smallest absolute Gasteiger partial charge is 0.147 e. The first kappa shape index (κ1) is 58.7. The molecule has 316 valence electrons. The normalized spacial score (nSPS) is 10.7. The highest BCUT2D eigenvalue weighted by Crippen LogP contribution is 2.34. The standard InChI is InChI=1S/C12H22BrNSi2.C9H13N3Si.C9H15NSi.C6H6BrN.C3H9ClSi.C2H3N.CH4/c1-15(2,3)14(16(4,5)6)12-10-8-7-9-11(12)13;1-13(2,3)9-7-5-4-6-8(9)11-12-10;1-11(2,3)9-7-5-4-6-8(9)10;7-5-3-1-2-4-6(5)8;1-5(2,3)4;1-2-3;/h7-10H,1-6H3;4-7H,1-3H3;4-7H,10H2,1-3H3;1-4H,8H2;1-3H3;1H3;1H4. The van der Waals surface area contributed by atoms with Gasteiger partial charge in [-0.2, -0.15) is 16.3 Å². The van der Waals surface area contributed by atoms with E-state index in [4.69, 9.17) is 33.3 Å². The summed E-state index contributed by atoms with van der Waals surface area (Å²) in [6.07, 6.45) is 0. The van der Waals surface area contributed by atoms with Gasteiger partial charge >= 0.3 is 0 Å². The minimum Gasteiger partial charge on any atom is -0.424 e. The summed E-state index contributed by atoms with van der Waals surface area (Å²) in [5.74, 6) is 0. The van der Waals surface area contributed by atoms with Crippen molar-refractivity contribution in [3.05, 3.63) is 116 Å². The van der Waals surface area contributed by atoms with Crippen molar-refractivity contribution >= 4 is 116 Å². The zero-order valence-electron chi connectivity index (χ0n) is 36.8. The van der Waals surface area contributed by atoms with E-state index in [0.717, 1.165) is 21.5 Å². The first-order valence-electron chi connectivity index (χ1n) is 18.5. The summed E-state index contributed by atoms with van der Waals surface area (Å²) in [6, 6.07) is 33.9. The average molecular weight is 1010 g/mol. The van der Waals surface area contributed by atoms with E-state index >= 15 is 0 Å². The highest BCUT2D eigenvalue weighted by atomic mass is 79.9. The van der Waals surface area contributed by atoms with E-state index in [2.05, 4.69) is 187 Å². The van der Waals surface area contributed by atoms with Crippen molar-refractivity contribution in [1.82, 2.24) is 0 Å². The van der Waals surface area contributed by atoms with Crippen LogP contribution < -0.4 is 26.1 Å². The number of azide groups is 1. The van der Waals surface area contributed by atoms with Crippen LogP contribution in [0.25, 0.3) is 10.4 Å². The van der Waals surface area contributed by atoms with Crippen LogP contribution in [0.15, 0.2) is 111 Å². The van der Waals surface area contributed by atoms with Crippen LogP contribution in [0.3, 0.4) is 0 Å². The molecule has 0 spiro atoms. The monoisotopic (exact) mass is 1010 g/mol. The van der Waals surface area contributed by atoms with Gasteiger partial charge in [-0.15, -0.1) is 0 Å². The summed E-state index contributed by atoms with van der Waals surface area (Å²) in [6.45, 7) is 35.9. The third-order valence-electron chi connectivity index (χ3n) is 6.97. The van der Waals surface area contributed by atoms with Crippen molar-refractivity contribution in [2.45, 2.75) is 113 Å². The molecule has 0 saturated carbocycles. The molecule has 0 aliphatic rings. The fourth-order valence-corrected chi connectivity index (χ4v) is 19.3. The Bertz CT molecular complexity index is 1790. The summed E-state index contributed by atoms with van der Waals surface area (Å²) >= 11 is 12.6. The molecule has 4 rings (SSSR count). The van der Waals surface area contributed by atoms with E-state index < -0.39 is 40.0 Å². The molecule has 4 aromatic rings. The third-order valence-corrected chi connectivity index (χ3v) is 19.7. The maximum Gasteiger partial charge on any atom is 0.147 e. The lowest BCUT2D eigenvalue weighted by Gasteiger charge is -2.46. The number of halogens is 3. The Kier molecular flexibility index (Phi) is 28.1. The SMILES string of the molecule is C.CC#N.C[Si](C)(C)Cl.C[Si](C)(C)N(c1ccccc1Br)[Si](C)(C)C.C[Si](C)(C)c1ccccc1N.C[Si](C)(C)c1ccccc1N=[N+]=[N-].Nc1ccccc1Br. The van der Waals surface area contributed by atoms with Gasteiger partial charge in [0.15, 0.2) is 0 Å². The number of para-hydroxylation sites is 3. The molecule has 0 radical (unpaired) electrons. The zero-order chi connectivity index (χ0) is 44.1. The molecule has 0 amide bonds. The number of hydrogen-bond acceptors (Lipinski definition) is 5. The Morgan fingerprint density at radius 3 is 1.25 bits per heavy atom. The molecule has 0 atom stereocenters. The number of hydrogen-bond donors (Lipinski definition) is 2. The van der Waals surface area contributed by atoms with Crippen LogP contribution in [-0.4, -0.2) is 40.0 Å². The molecule has 0 heterocycles. The predicted molar refractivity (Wildman–Crippen MR) is 281 cm³/mol. The number of nitriles is 1. The molecule has 4 aromatic carbocycles. The fraction of sp³-hybridized carbons (Fsp3) is 0.405. The Balaban J connectivity index is -0.000000649. The van der Waals surface area contributed by atoms with Crippen molar-refractivity contribution < 1.29 is 0 Å². The van der Waals surface area contributed by atoms with Crippen LogP contribution in [0.1, 0.15) is 14.4 Å². The van der Waals surface area contributed by atoms with Crippen molar-refractivity contribution in [2.24, 2.45) is 5.11 Å². The van der Waals surface area contributed by atoms with Gasteiger partial charge in [0.2, 0.25) is 0 Å². The van der Waals surface area contributed by atoms with E-state index in [9.17, 15) is 0 Å². The second-order valence-electron chi connectivity index (χ2n) is 17.7. The van der Waals surface area contributed by atoms with Gasteiger partial charge in [-0.05, 0) is 72.9 Å². The number of nitrogen functional groups attached to an aromatic ring is 2. The van der Waals surface area contributed by atoms with E-state index in [-0.39, 0.29) is 7.43 Å². The minimum absolute atomic E-state index is 0. The lowest BCUT2D eigenvalue weighted by molar-refractivity contribution is 1.34.